The maximum Gasteiger partial charge on any atom is 0.315 e. The number of hydrogen-bond donors (Lipinski definition) is 7. The van der Waals surface area contributed by atoms with Crippen molar-refractivity contribution in [3.8, 4) is 0 Å². The number of aliphatic hydroxyl groups is 3. The number of amides is 2. The first-order valence-electron chi connectivity index (χ1n) is 16.2. The maximum atomic E-state index is 12.7. The molecule has 2 aromatic heterocycles. The lowest BCUT2D eigenvalue weighted by molar-refractivity contribution is -0.0511. The summed E-state index contributed by atoms with van der Waals surface area (Å²) in [7, 11) is 0. The van der Waals surface area contributed by atoms with Crippen LogP contribution in [0.4, 0.5) is 16.6 Å². The lowest BCUT2D eigenvalue weighted by Gasteiger charge is -2.22. The zero-order valence-electron chi connectivity index (χ0n) is 25.9. The van der Waals surface area contributed by atoms with E-state index in [1.54, 1.807) is 4.57 Å². The van der Waals surface area contributed by atoms with Crippen LogP contribution in [0, 0.1) is 0 Å². The lowest BCUT2D eigenvalue weighted by Crippen LogP contribution is -2.47. The van der Waals surface area contributed by atoms with E-state index in [-0.39, 0.29) is 24.0 Å². The number of anilines is 2. The smallest absolute Gasteiger partial charge is 0.315 e. The molecule has 7 N–H and O–H groups in total. The summed E-state index contributed by atoms with van der Waals surface area (Å²) in [6, 6.07) is 20.4. The average Bonchev–Trinajstić information content (AvgIpc) is 3.91. The second-order valence-electron chi connectivity index (χ2n) is 12.4. The molecule has 4 aromatic rings. The Kier molecular flexibility index (Phi) is 9.18. The Morgan fingerprint density at radius 3 is 2.36 bits per heavy atom. The predicted molar refractivity (Wildman–Crippen MR) is 175 cm³/mol. The van der Waals surface area contributed by atoms with Crippen LogP contribution in [0.15, 0.2) is 67.0 Å². The van der Waals surface area contributed by atoms with Crippen molar-refractivity contribution in [3.63, 3.8) is 0 Å². The van der Waals surface area contributed by atoms with Crippen LogP contribution in [0.1, 0.15) is 36.1 Å². The van der Waals surface area contributed by atoms with Crippen molar-refractivity contribution in [2.75, 3.05) is 49.5 Å². The summed E-state index contributed by atoms with van der Waals surface area (Å²) >= 11 is 0. The number of fused-ring (bicyclic) bond motifs is 1. The molecule has 2 amide bonds. The van der Waals surface area contributed by atoms with Crippen molar-refractivity contribution in [2.45, 2.75) is 55.4 Å². The molecule has 0 bridgehead atoms. The molecule has 3 aliphatic rings. The number of benzene rings is 2. The van der Waals surface area contributed by atoms with E-state index in [4.69, 9.17) is 14.7 Å². The van der Waals surface area contributed by atoms with Crippen LogP contribution in [0.5, 0.6) is 0 Å². The van der Waals surface area contributed by atoms with Gasteiger partial charge in [0.1, 0.15) is 18.3 Å². The first kappa shape index (κ1) is 31.3. The Labute approximate surface area is 272 Å². The SMILES string of the molecule is O=C(N[C@@H]1CCNC1)N[C@@H]1CCN(c2nc(NCC(c3ccccc3)c3ccccc3)c3ncn([C@@H]4O[C@H](CO)[C@@H](O)[C@H]4O)c3n2)C1. The van der Waals surface area contributed by atoms with Crippen LogP contribution in [-0.2, 0) is 4.74 Å². The molecule has 3 saturated heterocycles. The number of hydrogen-bond acceptors (Lipinski definition) is 11. The fourth-order valence-electron chi connectivity index (χ4n) is 6.71. The summed E-state index contributed by atoms with van der Waals surface area (Å²) in [6.45, 7) is 2.88. The zero-order chi connectivity index (χ0) is 32.3. The van der Waals surface area contributed by atoms with Gasteiger partial charge in [-0.3, -0.25) is 4.57 Å². The lowest BCUT2D eigenvalue weighted by atomic mass is 9.91. The van der Waals surface area contributed by atoms with E-state index in [1.165, 1.54) is 6.33 Å². The van der Waals surface area contributed by atoms with Crippen molar-refractivity contribution < 1.29 is 24.9 Å². The van der Waals surface area contributed by atoms with Crippen LogP contribution >= 0.6 is 0 Å². The van der Waals surface area contributed by atoms with Gasteiger partial charge in [-0.05, 0) is 30.5 Å². The highest BCUT2D eigenvalue weighted by Crippen LogP contribution is 2.34. The molecule has 0 unspecified atom stereocenters. The summed E-state index contributed by atoms with van der Waals surface area (Å²) in [4.78, 5) is 29.1. The van der Waals surface area contributed by atoms with Gasteiger partial charge in [-0.1, -0.05) is 60.7 Å². The number of carbonyl (C=O) groups is 1. The van der Waals surface area contributed by atoms with Gasteiger partial charge in [0.15, 0.2) is 23.2 Å². The summed E-state index contributed by atoms with van der Waals surface area (Å²) in [6.07, 6.45) is -1.38. The Morgan fingerprint density at radius 1 is 0.979 bits per heavy atom. The number of ether oxygens (including phenoxy) is 1. The van der Waals surface area contributed by atoms with Crippen molar-refractivity contribution in [2.24, 2.45) is 0 Å². The van der Waals surface area contributed by atoms with Gasteiger partial charge >= 0.3 is 6.03 Å². The van der Waals surface area contributed by atoms with Gasteiger partial charge in [0.25, 0.3) is 0 Å². The first-order chi connectivity index (χ1) is 23.0. The van der Waals surface area contributed by atoms with Gasteiger partial charge in [-0.25, -0.2) is 9.78 Å². The predicted octanol–water partition coefficient (Wildman–Crippen LogP) is 0.922. The molecule has 14 heteroatoms. The Balaban J connectivity index is 1.18. The van der Waals surface area contributed by atoms with Gasteiger partial charge in [0, 0.05) is 44.2 Å². The number of rotatable bonds is 10. The molecule has 0 radical (unpaired) electrons. The number of aliphatic hydroxyl groups excluding tert-OH is 3. The largest absolute Gasteiger partial charge is 0.394 e. The molecule has 0 aliphatic carbocycles. The molecule has 0 spiro atoms. The quantitative estimate of drug-likeness (QED) is 0.131. The summed E-state index contributed by atoms with van der Waals surface area (Å²) < 4.78 is 7.42. The summed E-state index contributed by atoms with van der Waals surface area (Å²) in [5, 5.41) is 43.9. The van der Waals surface area contributed by atoms with Crippen molar-refractivity contribution in [3.05, 3.63) is 78.1 Å². The van der Waals surface area contributed by atoms with Crippen molar-refractivity contribution in [1.82, 2.24) is 35.5 Å². The van der Waals surface area contributed by atoms with Crippen LogP contribution in [0.3, 0.4) is 0 Å². The fourth-order valence-corrected chi connectivity index (χ4v) is 6.71. The molecule has 248 valence electrons. The zero-order valence-corrected chi connectivity index (χ0v) is 25.9. The van der Waals surface area contributed by atoms with E-state index in [0.29, 0.717) is 42.6 Å². The minimum absolute atomic E-state index is 0.0161. The molecule has 14 nitrogen and oxygen atoms in total. The second-order valence-corrected chi connectivity index (χ2v) is 12.4. The number of nitrogens with one attached hydrogen (secondary N) is 4. The molecule has 47 heavy (non-hydrogen) atoms. The normalized spacial score (nSPS) is 25.9. The fraction of sp³-hybridized carbons (Fsp3) is 0.455. The molecule has 3 aliphatic heterocycles. The highest BCUT2D eigenvalue weighted by Gasteiger charge is 2.44. The standard InChI is InChI=1S/C33H41N9O5/c43-18-25-27(44)28(45)31(47-25)42-19-36-26-29(35-16-24(20-7-3-1-4-8-20)21-9-5-2-6-10-21)39-32(40-30(26)42)41-14-12-23(17-41)38-33(46)37-22-11-13-34-15-22/h1-10,19,22-25,27-28,31,34,43-45H,11-18H2,(H,35,39,40)(H2,37,38,46)/t22-,23-,25-,27-,28-,31-/m1/s1. The van der Waals surface area contributed by atoms with Crippen molar-refractivity contribution >= 4 is 29.0 Å². The van der Waals surface area contributed by atoms with Crippen LogP contribution in [0.2, 0.25) is 0 Å². The molecule has 5 heterocycles. The Bertz CT molecular complexity index is 1610. The first-order valence-corrected chi connectivity index (χ1v) is 16.2. The maximum absolute atomic E-state index is 12.7. The van der Waals surface area contributed by atoms with E-state index >= 15 is 0 Å². The van der Waals surface area contributed by atoms with E-state index in [1.807, 2.05) is 41.3 Å². The Morgan fingerprint density at radius 2 is 1.70 bits per heavy atom. The van der Waals surface area contributed by atoms with Gasteiger partial charge < -0.3 is 46.2 Å². The number of aromatic nitrogens is 4. The third kappa shape index (κ3) is 6.60. The molecule has 7 rings (SSSR count). The van der Waals surface area contributed by atoms with Crippen molar-refractivity contribution in [1.29, 1.82) is 0 Å². The van der Waals surface area contributed by atoms with E-state index in [9.17, 15) is 20.1 Å². The monoisotopic (exact) mass is 643 g/mol. The van der Waals surface area contributed by atoms with Crippen LogP contribution in [0.25, 0.3) is 11.2 Å². The number of urea groups is 1. The van der Waals surface area contributed by atoms with Crippen LogP contribution < -0.4 is 26.2 Å². The number of imidazole rings is 1. The number of nitrogens with zero attached hydrogens (tertiary/aromatic N) is 5. The second kappa shape index (κ2) is 13.8. The highest BCUT2D eigenvalue weighted by atomic mass is 16.6. The molecule has 0 saturated carbocycles. The van der Waals surface area contributed by atoms with Gasteiger partial charge in [-0.2, -0.15) is 9.97 Å². The number of carbonyl (C=O) groups excluding carboxylic acids is 1. The highest BCUT2D eigenvalue weighted by molar-refractivity contribution is 5.84. The van der Waals surface area contributed by atoms with Crippen LogP contribution in [-0.4, -0.2) is 111 Å². The van der Waals surface area contributed by atoms with E-state index in [2.05, 4.69) is 50.5 Å². The minimum atomic E-state index is -1.30. The third-order valence-corrected chi connectivity index (χ3v) is 9.28. The molecular weight excluding hydrogens is 602 g/mol. The average molecular weight is 644 g/mol. The molecule has 2 aromatic carbocycles. The Hall–Kier alpha value is -4.34. The van der Waals surface area contributed by atoms with Gasteiger partial charge in [0.2, 0.25) is 5.95 Å². The molecule has 3 fully saturated rings. The summed E-state index contributed by atoms with van der Waals surface area (Å²) in [5.41, 5.74) is 3.18. The third-order valence-electron chi connectivity index (χ3n) is 9.28. The molecular formula is C33H41N9O5. The van der Waals surface area contributed by atoms with Gasteiger partial charge in [0.05, 0.1) is 12.9 Å². The minimum Gasteiger partial charge on any atom is -0.394 e. The van der Waals surface area contributed by atoms with E-state index < -0.39 is 31.1 Å². The molecule has 6 atom stereocenters. The van der Waals surface area contributed by atoms with Gasteiger partial charge in [-0.15, -0.1) is 0 Å². The van der Waals surface area contributed by atoms with E-state index in [0.717, 1.165) is 37.1 Å². The topological polar surface area (TPSA) is 182 Å². The summed E-state index contributed by atoms with van der Waals surface area (Å²) in [5.74, 6) is 0.965.